The maximum absolute atomic E-state index is 12.5. The second-order valence-corrected chi connectivity index (χ2v) is 6.84. The monoisotopic (exact) mass is 321 g/mol. The Hall–Kier alpha value is -1.23. The van der Waals surface area contributed by atoms with Crippen LogP contribution < -0.4 is 0 Å². The molecular weight excluding hydrogens is 310 g/mol. The number of amides is 1. The van der Waals surface area contributed by atoms with Crippen molar-refractivity contribution in [1.29, 1.82) is 0 Å². The molecule has 3 rings (SSSR count). The molecule has 1 aliphatic rings. The molecule has 1 fully saturated rings. The summed E-state index contributed by atoms with van der Waals surface area (Å²) in [6.07, 6.45) is 2.08. The van der Waals surface area contributed by atoms with Gasteiger partial charge in [0.25, 0.3) is 5.91 Å². The lowest BCUT2D eigenvalue weighted by Crippen LogP contribution is -2.26. The fraction of sp³-hybridized carbons (Fsp3) is 0.133. The summed E-state index contributed by atoms with van der Waals surface area (Å²) in [6.45, 7) is 0.753. The molecule has 0 aliphatic carbocycles. The van der Waals surface area contributed by atoms with Gasteiger partial charge in [0.1, 0.15) is 0 Å². The van der Waals surface area contributed by atoms with Gasteiger partial charge >= 0.3 is 0 Å². The number of carbonyl (C=O) groups excluding carboxylic acids is 1. The lowest BCUT2D eigenvalue weighted by atomic mass is 10.2. The number of hydrogen-bond acceptors (Lipinski definition) is 3. The van der Waals surface area contributed by atoms with Crippen molar-refractivity contribution in [1.82, 2.24) is 4.90 Å². The molecule has 0 radical (unpaired) electrons. The third-order valence-electron chi connectivity index (χ3n) is 2.98. The van der Waals surface area contributed by atoms with Gasteiger partial charge in [-0.2, -0.15) is 0 Å². The van der Waals surface area contributed by atoms with E-state index in [9.17, 15) is 4.79 Å². The van der Waals surface area contributed by atoms with E-state index in [4.69, 9.17) is 11.6 Å². The van der Waals surface area contributed by atoms with Gasteiger partial charge in [0.15, 0.2) is 0 Å². The van der Waals surface area contributed by atoms with Gasteiger partial charge in [-0.15, -0.1) is 23.1 Å². The maximum atomic E-state index is 12.5. The number of halogens is 1. The molecule has 1 aromatic carbocycles. The Kier molecular flexibility index (Phi) is 4.15. The summed E-state index contributed by atoms with van der Waals surface area (Å²) in [5.41, 5.74) is 0.675. The average Bonchev–Trinajstić information content (AvgIpc) is 3.11. The molecule has 2 heterocycles. The van der Waals surface area contributed by atoms with E-state index in [1.54, 1.807) is 47.4 Å². The first kappa shape index (κ1) is 13.7. The number of benzene rings is 1. The molecule has 0 spiro atoms. The third-order valence-corrected chi connectivity index (χ3v) is 5.07. The molecule has 0 unspecified atom stereocenters. The van der Waals surface area contributed by atoms with Crippen LogP contribution in [0.1, 0.15) is 15.2 Å². The van der Waals surface area contributed by atoms with Crippen LogP contribution in [0.4, 0.5) is 0 Å². The van der Waals surface area contributed by atoms with Gasteiger partial charge in [-0.3, -0.25) is 4.79 Å². The van der Waals surface area contributed by atoms with E-state index in [-0.39, 0.29) is 5.91 Å². The molecule has 20 heavy (non-hydrogen) atoms. The van der Waals surface area contributed by atoms with Gasteiger partial charge in [-0.1, -0.05) is 17.7 Å². The predicted octanol–water partition coefficient (Wildman–Crippen LogP) is 4.59. The lowest BCUT2D eigenvalue weighted by Gasteiger charge is -2.17. The van der Waals surface area contributed by atoms with E-state index in [1.807, 2.05) is 16.3 Å². The summed E-state index contributed by atoms with van der Waals surface area (Å²) < 4.78 is 0. The summed E-state index contributed by atoms with van der Waals surface area (Å²) in [5, 5.41) is 3.70. The van der Waals surface area contributed by atoms with Gasteiger partial charge in [0.2, 0.25) is 0 Å². The number of carbonyl (C=O) groups is 1. The minimum Gasteiger partial charge on any atom is -0.302 e. The van der Waals surface area contributed by atoms with Crippen molar-refractivity contribution in [3.8, 4) is 0 Å². The highest BCUT2D eigenvalue weighted by molar-refractivity contribution is 8.03. The molecule has 0 atom stereocenters. The SMILES string of the molecule is O=C(c1ccc(Cl)cc1)N1CCS/C1=C/c1cccs1. The Balaban J connectivity index is 1.85. The summed E-state index contributed by atoms with van der Waals surface area (Å²) >= 11 is 9.26. The molecule has 0 bridgehead atoms. The van der Waals surface area contributed by atoms with Crippen LogP contribution in [-0.4, -0.2) is 23.1 Å². The van der Waals surface area contributed by atoms with E-state index in [0.717, 1.165) is 17.3 Å². The molecule has 1 aromatic heterocycles. The van der Waals surface area contributed by atoms with Gasteiger partial charge in [0, 0.05) is 27.8 Å². The standard InChI is InChI=1S/C15H12ClNOS2/c16-12-5-3-11(4-6-12)15(18)17-7-9-20-14(17)10-13-2-1-8-19-13/h1-6,8,10H,7,9H2/b14-10+. The largest absolute Gasteiger partial charge is 0.302 e. The molecule has 2 aromatic rings. The quantitative estimate of drug-likeness (QED) is 0.806. The Morgan fingerprint density at radius 3 is 2.75 bits per heavy atom. The summed E-state index contributed by atoms with van der Waals surface area (Å²) in [5.74, 6) is 0.978. The van der Waals surface area contributed by atoms with Gasteiger partial charge in [-0.25, -0.2) is 0 Å². The molecule has 0 N–H and O–H groups in total. The van der Waals surface area contributed by atoms with Crippen LogP contribution in [-0.2, 0) is 0 Å². The van der Waals surface area contributed by atoms with Crippen molar-refractivity contribution in [3.63, 3.8) is 0 Å². The highest BCUT2D eigenvalue weighted by atomic mass is 35.5. The van der Waals surface area contributed by atoms with Crippen LogP contribution in [0, 0.1) is 0 Å². The fourth-order valence-corrected chi connectivity index (χ4v) is 3.87. The van der Waals surface area contributed by atoms with E-state index in [1.165, 1.54) is 4.88 Å². The Labute approximate surface area is 131 Å². The van der Waals surface area contributed by atoms with Crippen LogP contribution >= 0.6 is 34.7 Å². The zero-order valence-corrected chi connectivity index (χ0v) is 13.0. The lowest BCUT2D eigenvalue weighted by molar-refractivity contribution is 0.0831. The van der Waals surface area contributed by atoms with Crippen LogP contribution in [0.25, 0.3) is 6.08 Å². The zero-order chi connectivity index (χ0) is 13.9. The fourth-order valence-electron chi connectivity index (χ4n) is 1.99. The van der Waals surface area contributed by atoms with Crippen molar-refractivity contribution in [2.45, 2.75) is 0 Å². The van der Waals surface area contributed by atoms with Crippen molar-refractivity contribution >= 4 is 46.7 Å². The van der Waals surface area contributed by atoms with E-state index in [0.29, 0.717) is 10.6 Å². The minimum absolute atomic E-state index is 0.0365. The average molecular weight is 322 g/mol. The van der Waals surface area contributed by atoms with Gasteiger partial charge in [0.05, 0.1) is 5.03 Å². The Morgan fingerprint density at radius 1 is 1.25 bits per heavy atom. The van der Waals surface area contributed by atoms with Crippen molar-refractivity contribution in [3.05, 3.63) is 62.3 Å². The molecule has 5 heteroatoms. The third kappa shape index (κ3) is 2.92. The highest BCUT2D eigenvalue weighted by Gasteiger charge is 2.25. The molecule has 2 nitrogen and oxygen atoms in total. The molecule has 102 valence electrons. The Morgan fingerprint density at radius 2 is 2.05 bits per heavy atom. The smallest absolute Gasteiger partial charge is 0.258 e. The topological polar surface area (TPSA) is 20.3 Å². The van der Waals surface area contributed by atoms with Crippen LogP contribution in [0.15, 0.2) is 46.8 Å². The number of rotatable bonds is 2. The predicted molar refractivity (Wildman–Crippen MR) is 87.2 cm³/mol. The number of nitrogens with zero attached hydrogens (tertiary/aromatic N) is 1. The van der Waals surface area contributed by atoms with Crippen LogP contribution in [0.5, 0.6) is 0 Å². The normalized spacial score (nSPS) is 16.9. The first-order valence-electron chi connectivity index (χ1n) is 6.19. The van der Waals surface area contributed by atoms with Crippen LogP contribution in [0.3, 0.4) is 0 Å². The zero-order valence-electron chi connectivity index (χ0n) is 10.6. The first-order chi connectivity index (χ1) is 9.74. The highest BCUT2D eigenvalue weighted by Crippen LogP contribution is 2.32. The Bertz CT molecular complexity index is 634. The van der Waals surface area contributed by atoms with E-state index >= 15 is 0 Å². The van der Waals surface area contributed by atoms with Crippen molar-refractivity contribution in [2.24, 2.45) is 0 Å². The van der Waals surface area contributed by atoms with Crippen LogP contribution in [0.2, 0.25) is 5.02 Å². The van der Waals surface area contributed by atoms with Gasteiger partial charge in [-0.05, 0) is 41.8 Å². The van der Waals surface area contributed by atoms with Crippen molar-refractivity contribution < 1.29 is 4.79 Å². The van der Waals surface area contributed by atoms with E-state index < -0.39 is 0 Å². The number of thioether (sulfide) groups is 1. The number of hydrogen-bond donors (Lipinski definition) is 0. The molecule has 1 aliphatic heterocycles. The molecule has 1 saturated heterocycles. The summed E-state index contributed by atoms with van der Waals surface area (Å²) in [4.78, 5) is 15.5. The van der Waals surface area contributed by atoms with Crippen molar-refractivity contribution in [2.75, 3.05) is 12.3 Å². The number of thiophene rings is 1. The first-order valence-corrected chi connectivity index (χ1v) is 8.44. The van der Waals surface area contributed by atoms with Gasteiger partial charge < -0.3 is 4.90 Å². The second-order valence-electron chi connectivity index (χ2n) is 4.31. The summed E-state index contributed by atoms with van der Waals surface area (Å²) in [7, 11) is 0. The molecular formula is C15H12ClNOS2. The minimum atomic E-state index is 0.0365. The maximum Gasteiger partial charge on any atom is 0.258 e. The molecule has 1 amide bonds. The van der Waals surface area contributed by atoms with E-state index in [2.05, 4.69) is 12.1 Å². The summed E-state index contributed by atoms with van der Waals surface area (Å²) in [6, 6.07) is 11.1. The second kappa shape index (κ2) is 6.04. The molecule has 0 saturated carbocycles.